The smallest absolute Gasteiger partial charge is 0.289 e. The number of nitrogens with zero attached hydrogens (tertiary/aromatic N) is 2. The van der Waals surface area contributed by atoms with Gasteiger partial charge in [-0.25, -0.2) is 4.39 Å². The third-order valence-corrected chi connectivity index (χ3v) is 7.12. The maximum absolute atomic E-state index is 13.8. The minimum atomic E-state index is -0.340. The van der Waals surface area contributed by atoms with Crippen molar-refractivity contribution in [2.75, 3.05) is 13.1 Å². The molecule has 164 valence electrons. The highest BCUT2D eigenvalue weighted by Crippen LogP contribution is 2.33. The van der Waals surface area contributed by atoms with E-state index < -0.39 is 0 Å². The van der Waals surface area contributed by atoms with Gasteiger partial charge in [0.1, 0.15) is 5.82 Å². The van der Waals surface area contributed by atoms with Crippen molar-refractivity contribution < 1.29 is 14.0 Å². The number of ketones is 1. The van der Waals surface area contributed by atoms with Crippen molar-refractivity contribution >= 4 is 22.6 Å². The molecule has 1 atom stereocenters. The Hall–Kier alpha value is -3.08. The zero-order valence-electron chi connectivity index (χ0n) is 18.1. The second kappa shape index (κ2) is 8.81. The van der Waals surface area contributed by atoms with Crippen molar-refractivity contribution in [3.63, 3.8) is 0 Å². The maximum Gasteiger partial charge on any atom is 0.289 e. The van der Waals surface area contributed by atoms with Gasteiger partial charge in [0.15, 0.2) is 0 Å². The van der Waals surface area contributed by atoms with Crippen LogP contribution in [0.4, 0.5) is 4.39 Å². The zero-order valence-corrected chi connectivity index (χ0v) is 18.1. The SMILES string of the molecule is O=C(C[C@H]1CCc2ccccc2C1)C(=O)N1CCC(c2ccnc3ccc(F)cc23)CC1. The number of benzene rings is 2. The summed E-state index contributed by atoms with van der Waals surface area (Å²) < 4.78 is 13.8. The number of halogens is 1. The monoisotopic (exact) mass is 430 g/mol. The molecule has 2 aromatic carbocycles. The average molecular weight is 431 g/mol. The Morgan fingerprint density at radius 3 is 2.59 bits per heavy atom. The van der Waals surface area contributed by atoms with E-state index in [2.05, 4.69) is 23.2 Å². The van der Waals surface area contributed by atoms with Gasteiger partial charge in [0.2, 0.25) is 5.78 Å². The van der Waals surface area contributed by atoms with Crippen LogP contribution in [0.1, 0.15) is 48.3 Å². The molecule has 32 heavy (non-hydrogen) atoms. The number of hydrogen-bond acceptors (Lipinski definition) is 3. The van der Waals surface area contributed by atoms with Crippen LogP contribution in [0.3, 0.4) is 0 Å². The fraction of sp³-hybridized carbons (Fsp3) is 0.370. The minimum absolute atomic E-state index is 0.233. The number of piperidine rings is 1. The van der Waals surface area contributed by atoms with Crippen LogP contribution in [0.5, 0.6) is 0 Å². The van der Waals surface area contributed by atoms with Gasteiger partial charge in [0.05, 0.1) is 5.52 Å². The number of rotatable bonds is 4. The van der Waals surface area contributed by atoms with Crippen LogP contribution in [0.15, 0.2) is 54.7 Å². The number of aromatic nitrogens is 1. The molecule has 1 aliphatic heterocycles. The van der Waals surface area contributed by atoms with E-state index in [0.29, 0.717) is 19.5 Å². The van der Waals surface area contributed by atoms with Crippen molar-refractivity contribution in [1.82, 2.24) is 9.88 Å². The summed E-state index contributed by atoms with van der Waals surface area (Å²) >= 11 is 0. The number of hydrogen-bond donors (Lipinski definition) is 0. The molecule has 2 aliphatic rings. The molecule has 0 bridgehead atoms. The molecular weight excluding hydrogens is 403 g/mol. The van der Waals surface area contributed by atoms with Crippen LogP contribution < -0.4 is 0 Å². The fourth-order valence-electron chi connectivity index (χ4n) is 5.36. The molecule has 4 nitrogen and oxygen atoms in total. The number of carbonyl (C=O) groups is 2. The Balaban J connectivity index is 1.20. The van der Waals surface area contributed by atoms with Crippen molar-refractivity contribution in [3.05, 3.63) is 77.2 Å². The molecule has 1 aliphatic carbocycles. The molecule has 0 spiro atoms. The van der Waals surface area contributed by atoms with Crippen LogP contribution >= 0.6 is 0 Å². The maximum atomic E-state index is 13.8. The van der Waals surface area contributed by atoms with Crippen molar-refractivity contribution in [2.45, 2.75) is 44.4 Å². The number of carbonyl (C=O) groups excluding carboxylic acids is 2. The molecule has 0 unspecified atom stereocenters. The third kappa shape index (κ3) is 4.16. The van der Waals surface area contributed by atoms with Gasteiger partial charge in [-0.1, -0.05) is 24.3 Å². The van der Waals surface area contributed by atoms with Gasteiger partial charge in [0.25, 0.3) is 5.91 Å². The van der Waals surface area contributed by atoms with E-state index in [1.54, 1.807) is 23.2 Å². The zero-order chi connectivity index (χ0) is 22.1. The summed E-state index contributed by atoms with van der Waals surface area (Å²) in [5.74, 6) is -0.388. The molecule has 1 saturated heterocycles. The Morgan fingerprint density at radius 1 is 1.00 bits per heavy atom. The number of fused-ring (bicyclic) bond motifs is 2. The molecule has 0 radical (unpaired) electrons. The van der Waals surface area contributed by atoms with Gasteiger partial charge in [-0.2, -0.15) is 0 Å². The van der Waals surface area contributed by atoms with E-state index in [1.807, 2.05) is 12.1 Å². The summed E-state index contributed by atoms with van der Waals surface area (Å²) in [4.78, 5) is 31.6. The van der Waals surface area contributed by atoms with Crippen LogP contribution in [-0.4, -0.2) is 34.7 Å². The topological polar surface area (TPSA) is 50.3 Å². The molecule has 0 N–H and O–H groups in total. The van der Waals surface area contributed by atoms with Crippen LogP contribution in [-0.2, 0) is 22.4 Å². The summed E-state index contributed by atoms with van der Waals surface area (Å²) in [6.07, 6.45) is 6.46. The van der Waals surface area contributed by atoms with Crippen molar-refractivity contribution in [1.29, 1.82) is 0 Å². The second-order valence-electron chi connectivity index (χ2n) is 9.13. The summed E-state index contributed by atoms with van der Waals surface area (Å²) in [6, 6.07) is 15.0. The first-order chi connectivity index (χ1) is 15.6. The Labute approximate surface area is 187 Å². The molecular formula is C27H27FN2O2. The lowest BCUT2D eigenvalue weighted by atomic mass is 9.81. The Morgan fingerprint density at radius 2 is 1.78 bits per heavy atom. The molecule has 0 saturated carbocycles. The van der Waals surface area contributed by atoms with Crippen LogP contribution in [0.2, 0.25) is 0 Å². The van der Waals surface area contributed by atoms with Crippen molar-refractivity contribution in [2.24, 2.45) is 5.92 Å². The van der Waals surface area contributed by atoms with E-state index in [-0.39, 0.29) is 29.3 Å². The predicted octanol–water partition coefficient (Wildman–Crippen LogP) is 4.84. The van der Waals surface area contributed by atoms with Gasteiger partial charge in [-0.15, -0.1) is 0 Å². The largest absolute Gasteiger partial charge is 0.336 e. The number of pyridine rings is 1. The molecule has 1 amide bonds. The first-order valence-electron chi connectivity index (χ1n) is 11.5. The summed E-state index contributed by atoms with van der Waals surface area (Å²) in [5.41, 5.74) is 4.54. The first-order valence-corrected chi connectivity index (χ1v) is 11.5. The molecule has 1 fully saturated rings. The van der Waals surface area contributed by atoms with Gasteiger partial charge in [0, 0.05) is 31.1 Å². The van der Waals surface area contributed by atoms with Gasteiger partial charge in [-0.3, -0.25) is 14.6 Å². The third-order valence-electron chi connectivity index (χ3n) is 7.12. The Bertz CT molecular complexity index is 1170. The molecule has 1 aromatic heterocycles. The molecule has 5 heteroatoms. The van der Waals surface area contributed by atoms with Crippen LogP contribution in [0.25, 0.3) is 10.9 Å². The second-order valence-corrected chi connectivity index (χ2v) is 9.13. The molecule has 5 rings (SSSR count). The summed E-state index contributed by atoms with van der Waals surface area (Å²) in [7, 11) is 0. The minimum Gasteiger partial charge on any atom is -0.336 e. The van der Waals surface area contributed by atoms with Gasteiger partial charge in [-0.05, 0) is 84.9 Å². The number of likely N-dealkylation sites (tertiary alicyclic amines) is 1. The molecule has 2 heterocycles. The number of amides is 1. The highest BCUT2D eigenvalue weighted by molar-refractivity contribution is 6.36. The van der Waals surface area contributed by atoms with E-state index in [9.17, 15) is 14.0 Å². The van der Waals surface area contributed by atoms with Gasteiger partial charge < -0.3 is 4.90 Å². The summed E-state index contributed by atoms with van der Waals surface area (Å²) in [6.45, 7) is 1.11. The normalized spacial score (nSPS) is 19.0. The summed E-state index contributed by atoms with van der Waals surface area (Å²) in [5, 5.41) is 0.839. The fourth-order valence-corrected chi connectivity index (χ4v) is 5.36. The van der Waals surface area contributed by atoms with Crippen LogP contribution in [0, 0.1) is 11.7 Å². The van der Waals surface area contributed by atoms with Crippen molar-refractivity contribution in [3.8, 4) is 0 Å². The lowest BCUT2D eigenvalue weighted by Crippen LogP contribution is -2.42. The van der Waals surface area contributed by atoms with E-state index in [4.69, 9.17) is 0 Å². The average Bonchev–Trinajstić information content (AvgIpc) is 2.83. The predicted molar refractivity (Wildman–Crippen MR) is 122 cm³/mol. The van der Waals surface area contributed by atoms with E-state index >= 15 is 0 Å². The Kier molecular flexibility index (Phi) is 5.73. The van der Waals surface area contributed by atoms with E-state index in [1.165, 1.54) is 17.2 Å². The standard InChI is InChI=1S/C27H27FN2O2/c28-22-7-8-25-24(17-22)23(9-12-29-25)20-10-13-30(14-11-20)27(32)26(31)16-18-5-6-19-3-1-2-4-21(19)15-18/h1-4,7-9,12,17-18,20H,5-6,10-11,13-16H2/t18-/m0/s1. The number of Topliss-reactive ketones (excluding diaryl/α,β-unsaturated/α-hetero) is 1. The van der Waals surface area contributed by atoms with E-state index in [0.717, 1.165) is 48.6 Å². The lowest BCUT2D eigenvalue weighted by molar-refractivity contribution is -0.145. The number of aryl methyl sites for hydroxylation is 1. The highest BCUT2D eigenvalue weighted by Gasteiger charge is 2.30. The molecule has 3 aromatic rings. The van der Waals surface area contributed by atoms with Gasteiger partial charge >= 0.3 is 0 Å². The lowest BCUT2D eigenvalue weighted by Gasteiger charge is -2.32. The quantitative estimate of drug-likeness (QED) is 0.557. The highest BCUT2D eigenvalue weighted by atomic mass is 19.1. The first kappa shape index (κ1) is 20.8.